The number of carbonyl (C=O) groups excluding carboxylic acids is 1. The number of halogens is 2. The monoisotopic (exact) mass is 321 g/mol. The van der Waals surface area contributed by atoms with Gasteiger partial charge in [0.25, 0.3) is 0 Å². The fourth-order valence-electron chi connectivity index (χ4n) is 2.73. The number of ether oxygens (including phenoxy) is 1. The standard InChI is InChI=1S/C16H17F2N3O2/c1-21-6-5-19-15(21)14-11(4-7-23-14)16(22)20-9-10-2-3-12(17)13(18)8-10/h2-3,5-6,8,11,14H,4,7,9H2,1H3,(H,20,22)/t11-,14-/m1/s1. The molecule has 0 radical (unpaired) electrons. The van der Waals surface area contributed by atoms with Gasteiger partial charge in [-0.05, 0) is 24.1 Å². The lowest BCUT2D eigenvalue weighted by Gasteiger charge is -2.18. The average Bonchev–Trinajstić information content (AvgIpc) is 3.16. The minimum absolute atomic E-state index is 0.139. The van der Waals surface area contributed by atoms with Gasteiger partial charge >= 0.3 is 0 Å². The van der Waals surface area contributed by atoms with E-state index in [1.807, 2.05) is 11.6 Å². The molecule has 1 aliphatic heterocycles. The predicted octanol–water partition coefficient (Wildman–Crippen LogP) is 2.09. The first-order valence-corrected chi connectivity index (χ1v) is 7.36. The maximum absolute atomic E-state index is 13.2. The number of carbonyl (C=O) groups is 1. The van der Waals surface area contributed by atoms with Crippen LogP contribution in [0.5, 0.6) is 0 Å². The summed E-state index contributed by atoms with van der Waals surface area (Å²) in [7, 11) is 1.85. The molecule has 3 rings (SSSR count). The van der Waals surface area contributed by atoms with E-state index in [0.29, 0.717) is 24.4 Å². The van der Waals surface area contributed by atoms with Gasteiger partial charge in [0.1, 0.15) is 11.9 Å². The van der Waals surface area contributed by atoms with E-state index < -0.39 is 11.6 Å². The fraction of sp³-hybridized carbons (Fsp3) is 0.375. The Hall–Kier alpha value is -2.28. The molecule has 1 aliphatic rings. The molecule has 2 heterocycles. The van der Waals surface area contributed by atoms with Gasteiger partial charge < -0.3 is 14.6 Å². The van der Waals surface area contributed by atoms with Gasteiger partial charge in [0, 0.05) is 32.6 Å². The van der Waals surface area contributed by atoms with E-state index in [9.17, 15) is 13.6 Å². The van der Waals surface area contributed by atoms with E-state index in [1.165, 1.54) is 6.07 Å². The second-order valence-corrected chi connectivity index (χ2v) is 5.55. The summed E-state index contributed by atoms with van der Waals surface area (Å²) in [6.45, 7) is 0.626. The van der Waals surface area contributed by atoms with Crippen LogP contribution >= 0.6 is 0 Å². The number of aromatic nitrogens is 2. The molecule has 1 fully saturated rings. The minimum Gasteiger partial charge on any atom is -0.369 e. The Kier molecular flexibility index (Phi) is 4.38. The second kappa shape index (κ2) is 6.45. The van der Waals surface area contributed by atoms with Crippen molar-refractivity contribution >= 4 is 5.91 Å². The lowest BCUT2D eigenvalue weighted by Crippen LogP contribution is -2.32. The third-order valence-corrected chi connectivity index (χ3v) is 3.99. The number of hydrogen-bond acceptors (Lipinski definition) is 3. The summed E-state index contributed by atoms with van der Waals surface area (Å²) >= 11 is 0. The summed E-state index contributed by atoms with van der Waals surface area (Å²) in [5.74, 6) is -1.65. The van der Waals surface area contributed by atoms with E-state index in [1.54, 1.807) is 12.4 Å². The topological polar surface area (TPSA) is 56.2 Å². The maximum atomic E-state index is 13.2. The highest BCUT2D eigenvalue weighted by Gasteiger charge is 2.37. The van der Waals surface area contributed by atoms with Gasteiger partial charge in [-0.15, -0.1) is 0 Å². The van der Waals surface area contributed by atoms with Crippen LogP contribution < -0.4 is 5.32 Å². The van der Waals surface area contributed by atoms with Gasteiger partial charge in [0.15, 0.2) is 11.6 Å². The highest BCUT2D eigenvalue weighted by atomic mass is 19.2. The van der Waals surface area contributed by atoms with Crippen LogP contribution in [0.4, 0.5) is 8.78 Å². The van der Waals surface area contributed by atoms with Crippen LogP contribution in [0.2, 0.25) is 0 Å². The zero-order valence-corrected chi connectivity index (χ0v) is 12.6. The molecule has 1 N–H and O–H groups in total. The summed E-state index contributed by atoms with van der Waals surface area (Å²) < 4.78 is 33.5. The van der Waals surface area contributed by atoms with Crippen molar-refractivity contribution in [2.75, 3.05) is 6.61 Å². The van der Waals surface area contributed by atoms with Crippen LogP contribution in [0.25, 0.3) is 0 Å². The zero-order chi connectivity index (χ0) is 16.4. The van der Waals surface area contributed by atoms with E-state index in [2.05, 4.69) is 10.3 Å². The minimum atomic E-state index is -0.924. The van der Waals surface area contributed by atoms with Crippen molar-refractivity contribution in [3.05, 3.63) is 53.6 Å². The number of benzene rings is 1. The number of aryl methyl sites for hydroxylation is 1. The second-order valence-electron chi connectivity index (χ2n) is 5.55. The summed E-state index contributed by atoms with van der Waals surface area (Å²) in [6, 6.07) is 3.57. The molecule has 122 valence electrons. The van der Waals surface area contributed by atoms with Gasteiger partial charge in [-0.25, -0.2) is 13.8 Å². The van der Waals surface area contributed by atoms with Gasteiger partial charge in [0.2, 0.25) is 5.91 Å². The summed E-state index contributed by atoms with van der Waals surface area (Å²) in [5.41, 5.74) is 0.504. The van der Waals surface area contributed by atoms with Gasteiger partial charge in [-0.2, -0.15) is 0 Å². The smallest absolute Gasteiger partial charge is 0.226 e. The van der Waals surface area contributed by atoms with Crippen LogP contribution in [0.15, 0.2) is 30.6 Å². The van der Waals surface area contributed by atoms with Crippen molar-refractivity contribution in [3.63, 3.8) is 0 Å². The van der Waals surface area contributed by atoms with Crippen molar-refractivity contribution in [2.45, 2.75) is 19.1 Å². The number of amides is 1. The molecule has 1 amide bonds. The number of nitrogens with zero attached hydrogens (tertiary/aromatic N) is 2. The molecule has 5 nitrogen and oxygen atoms in total. The highest BCUT2D eigenvalue weighted by molar-refractivity contribution is 5.79. The first kappa shape index (κ1) is 15.6. The molecular weight excluding hydrogens is 304 g/mol. The van der Waals surface area contributed by atoms with Crippen LogP contribution in [0.3, 0.4) is 0 Å². The molecule has 0 bridgehead atoms. The maximum Gasteiger partial charge on any atom is 0.226 e. The van der Waals surface area contributed by atoms with Gasteiger partial charge in [-0.1, -0.05) is 6.07 Å². The van der Waals surface area contributed by atoms with Crippen molar-refractivity contribution < 1.29 is 18.3 Å². The third kappa shape index (κ3) is 3.24. The molecule has 0 saturated carbocycles. The molecule has 2 aromatic rings. The summed E-state index contributed by atoms with van der Waals surface area (Å²) in [4.78, 5) is 16.6. The summed E-state index contributed by atoms with van der Waals surface area (Å²) in [6.07, 6.45) is 3.67. The van der Waals surface area contributed by atoms with Crippen molar-refractivity contribution in [2.24, 2.45) is 13.0 Å². The Morgan fingerprint density at radius 1 is 1.43 bits per heavy atom. The Morgan fingerprint density at radius 2 is 2.26 bits per heavy atom. The van der Waals surface area contributed by atoms with Gasteiger partial charge in [0.05, 0.1) is 5.92 Å². The molecule has 1 aromatic heterocycles. The number of imidazole rings is 1. The lowest BCUT2D eigenvalue weighted by atomic mass is 9.99. The van der Waals surface area contributed by atoms with Crippen molar-refractivity contribution in [3.8, 4) is 0 Å². The number of hydrogen-bond donors (Lipinski definition) is 1. The van der Waals surface area contributed by atoms with E-state index in [-0.39, 0.29) is 24.5 Å². The average molecular weight is 321 g/mol. The first-order valence-electron chi connectivity index (χ1n) is 7.36. The Bertz CT molecular complexity index is 717. The first-order chi connectivity index (χ1) is 11.1. The molecule has 1 aromatic carbocycles. The predicted molar refractivity (Wildman–Crippen MR) is 78.2 cm³/mol. The normalized spacial score (nSPS) is 20.7. The molecule has 2 atom stereocenters. The van der Waals surface area contributed by atoms with E-state index >= 15 is 0 Å². The highest BCUT2D eigenvalue weighted by Crippen LogP contribution is 2.33. The van der Waals surface area contributed by atoms with E-state index in [0.717, 1.165) is 12.1 Å². The van der Waals surface area contributed by atoms with Gasteiger partial charge in [-0.3, -0.25) is 4.79 Å². The van der Waals surface area contributed by atoms with Crippen LogP contribution in [-0.4, -0.2) is 22.1 Å². The Labute approximate surface area is 132 Å². The fourth-order valence-corrected chi connectivity index (χ4v) is 2.73. The Morgan fingerprint density at radius 3 is 2.96 bits per heavy atom. The van der Waals surface area contributed by atoms with Crippen molar-refractivity contribution in [1.29, 1.82) is 0 Å². The molecule has 1 saturated heterocycles. The Balaban J connectivity index is 1.65. The molecule has 7 heteroatoms. The largest absolute Gasteiger partial charge is 0.369 e. The molecule has 0 aliphatic carbocycles. The summed E-state index contributed by atoms with van der Waals surface area (Å²) in [5, 5.41) is 2.75. The van der Waals surface area contributed by atoms with E-state index in [4.69, 9.17) is 4.74 Å². The zero-order valence-electron chi connectivity index (χ0n) is 12.6. The molecular formula is C16H17F2N3O2. The lowest BCUT2D eigenvalue weighted by molar-refractivity contribution is -0.127. The number of nitrogens with one attached hydrogen (secondary N) is 1. The molecule has 0 spiro atoms. The molecule has 0 unspecified atom stereocenters. The quantitative estimate of drug-likeness (QED) is 0.938. The van der Waals surface area contributed by atoms with Crippen LogP contribution in [0.1, 0.15) is 23.9 Å². The van der Waals surface area contributed by atoms with Crippen molar-refractivity contribution in [1.82, 2.24) is 14.9 Å². The van der Waals surface area contributed by atoms with Crippen LogP contribution in [0, 0.1) is 17.6 Å². The van der Waals surface area contributed by atoms with Crippen LogP contribution in [-0.2, 0) is 23.1 Å². The molecule has 23 heavy (non-hydrogen) atoms. The number of rotatable bonds is 4. The third-order valence-electron chi connectivity index (χ3n) is 3.99. The SMILES string of the molecule is Cn1ccnc1[C@@H]1OCC[C@H]1C(=O)NCc1ccc(F)c(F)c1.